The van der Waals surface area contributed by atoms with Crippen LogP contribution in [0.15, 0.2) is 59.5 Å². The Balaban J connectivity index is 2.28. The van der Waals surface area contributed by atoms with Crippen molar-refractivity contribution in [2.45, 2.75) is 17.4 Å². The van der Waals surface area contributed by atoms with Gasteiger partial charge in [0.15, 0.2) is 0 Å². The number of aliphatic hydroxyl groups is 1. The third-order valence-corrected chi connectivity index (χ3v) is 4.49. The van der Waals surface area contributed by atoms with Gasteiger partial charge in [0.1, 0.15) is 5.82 Å². The van der Waals surface area contributed by atoms with E-state index in [1.54, 1.807) is 24.3 Å². The van der Waals surface area contributed by atoms with Crippen LogP contribution in [0.2, 0.25) is 0 Å². The predicted octanol–water partition coefficient (Wildman–Crippen LogP) is 2.23. The summed E-state index contributed by atoms with van der Waals surface area (Å²) in [5.41, 5.74) is 0.742. The number of rotatable bonds is 6. The number of halogens is 1. The summed E-state index contributed by atoms with van der Waals surface area (Å²) in [4.78, 5) is -0.138. The molecule has 0 saturated carbocycles. The molecule has 0 fully saturated rings. The van der Waals surface area contributed by atoms with Crippen molar-refractivity contribution in [3.05, 3.63) is 66.0 Å². The summed E-state index contributed by atoms with van der Waals surface area (Å²) in [6, 6.07) is 13.2. The van der Waals surface area contributed by atoms with Crippen molar-refractivity contribution in [1.82, 2.24) is 4.72 Å². The largest absolute Gasteiger partial charge is 0.396 e. The van der Waals surface area contributed by atoms with E-state index < -0.39 is 21.9 Å². The Morgan fingerprint density at radius 2 is 1.81 bits per heavy atom. The maximum atomic E-state index is 13.2. The van der Waals surface area contributed by atoms with Gasteiger partial charge in [0.05, 0.1) is 4.90 Å². The van der Waals surface area contributed by atoms with E-state index in [1.165, 1.54) is 18.2 Å². The highest BCUT2D eigenvalue weighted by Crippen LogP contribution is 2.20. The molecule has 0 aliphatic rings. The second-order valence-electron chi connectivity index (χ2n) is 4.55. The van der Waals surface area contributed by atoms with E-state index in [4.69, 9.17) is 5.11 Å². The van der Waals surface area contributed by atoms with Crippen LogP contribution in [0.3, 0.4) is 0 Å². The zero-order chi connectivity index (χ0) is 15.3. The van der Waals surface area contributed by atoms with Crippen LogP contribution in [0.1, 0.15) is 18.0 Å². The SMILES string of the molecule is O=S(=O)(N[C@H](CCO)c1ccccc1)c1cccc(F)c1. The van der Waals surface area contributed by atoms with E-state index in [0.29, 0.717) is 0 Å². The molecule has 0 aromatic heterocycles. The fraction of sp³-hybridized carbons (Fsp3) is 0.200. The molecule has 2 N–H and O–H groups in total. The Kier molecular flexibility index (Phi) is 5.06. The Labute approximate surface area is 123 Å². The quantitative estimate of drug-likeness (QED) is 0.860. The molecule has 1 atom stereocenters. The van der Waals surface area contributed by atoms with Crippen molar-refractivity contribution in [2.75, 3.05) is 6.61 Å². The zero-order valence-corrected chi connectivity index (χ0v) is 12.1. The molecule has 0 bridgehead atoms. The zero-order valence-electron chi connectivity index (χ0n) is 11.2. The molecule has 2 aromatic carbocycles. The van der Waals surface area contributed by atoms with E-state index in [-0.39, 0.29) is 17.9 Å². The monoisotopic (exact) mass is 309 g/mol. The molecule has 0 saturated heterocycles. The molecule has 0 amide bonds. The molecule has 2 aromatic rings. The molecule has 0 unspecified atom stereocenters. The van der Waals surface area contributed by atoms with E-state index in [9.17, 15) is 12.8 Å². The Morgan fingerprint density at radius 3 is 2.43 bits per heavy atom. The number of hydrogen-bond donors (Lipinski definition) is 2. The van der Waals surface area contributed by atoms with E-state index in [1.807, 2.05) is 6.07 Å². The van der Waals surface area contributed by atoms with Gasteiger partial charge in [0.2, 0.25) is 10.0 Å². The van der Waals surface area contributed by atoms with E-state index in [2.05, 4.69) is 4.72 Å². The van der Waals surface area contributed by atoms with Gasteiger partial charge in [-0.25, -0.2) is 17.5 Å². The van der Waals surface area contributed by atoms with Crippen LogP contribution in [0.5, 0.6) is 0 Å². The van der Waals surface area contributed by atoms with Crippen LogP contribution in [0.4, 0.5) is 4.39 Å². The molecule has 6 heteroatoms. The maximum Gasteiger partial charge on any atom is 0.241 e. The van der Waals surface area contributed by atoms with Crippen LogP contribution < -0.4 is 4.72 Å². The average Bonchev–Trinajstić information content (AvgIpc) is 2.47. The lowest BCUT2D eigenvalue weighted by molar-refractivity contribution is 0.272. The first kappa shape index (κ1) is 15.6. The first-order valence-corrected chi connectivity index (χ1v) is 7.95. The Morgan fingerprint density at radius 1 is 1.10 bits per heavy atom. The molecule has 21 heavy (non-hydrogen) atoms. The molecule has 4 nitrogen and oxygen atoms in total. The molecular weight excluding hydrogens is 293 g/mol. The molecule has 0 heterocycles. The van der Waals surface area contributed by atoms with Gasteiger partial charge in [-0.05, 0) is 30.2 Å². The average molecular weight is 309 g/mol. The summed E-state index contributed by atoms with van der Waals surface area (Å²) in [5.74, 6) is -0.615. The fourth-order valence-corrected chi connectivity index (χ4v) is 3.29. The third-order valence-electron chi connectivity index (χ3n) is 3.02. The number of sulfonamides is 1. The topological polar surface area (TPSA) is 66.4 Å². The van der Waals surface area contributed by atoms with Gasteiger partial charge >= 0.3 is 0 Å². The van der Waals surface area contributed by atoms with E-state index in [0.717, 1.165) is 11.6 Å². The van der Waals surface area contributed by atoms with Crippen molar-refractivity contribution in [3.8, 4) is 0 Å². The molecule has 0 radical (unpaired) electrons. The lowest BCUT2D eigenvalue weighted by atomic mass is 10.1. The third kappa shape index (κ3) is 4.10. The fourth-order valence-electron chi connectivity index (χ4n) is 2.00. The van der Waals surface area contributed by atoms with Crippen LogP contribution in [-0.2, 0) is 10.0 Å². The predicted molar refractivity (Wildman–Crippen MR) is 77.6 cm³/mol. The van der Waals surface area contributed by atoms with Gasteiger partial charge in [0.25, 0.3) is 0 Å². The van der Waals surface area contributed by atoms with Gasteiger partial charge in [-0.1, -0.05) is 36.4 Å². The highest BCUT2D eigenvalue weighted by Gasteiger charge is 2.21. The molecule has 0 aliphatic heterocycles. The molecule has 112 valence electrons. The second kappa shape index (κ2) is 6.80. The second-order valence-corrected chi connectivity index (χ2v) is 6.27. The number of benzene rings is 2. The lowest BCUT2D eigenvalue weighted by Crippen LogP contribution is -2.29. The van der Waals surface area contributed by atoms with Crippen LogP contribution in [-0.4, -0.2) is 20.1 Å². The number of hydrogen-bond acceptors (Lipinski definition) is 3. The highest BCUT2D eigenvalue weighted by atomic mass is 32.2. The van der Waals surface area contributed by atoms with Crippen molar-refractivity contribution >= 4 is 10.0 Å². The molecule has 2 rings (SSSR count). The minimum absolute atomic E-state index is 0.138. The molecule has 0 aliphatic carbocycles. The van der Waals surface area contributed by atoms with Crippen LogP contribution in [0, 0.1) is 5.82 Å². The van der Waals surface area contributed by atoms with Crippen LogP contribution in [0.25, 0.3) is 0 Å². The summed E-state index contributed by atoms with van der Waals surface area (Å²) in [5, 5.41) is 9.11. The van der Waals surface area contributed by atoms with Crippen LogP contribution >= 0.6 is 0 Å². The van der Waals surface area contributed by atoms with Gasteiger partial charge in [-0.3, -0.25) is 0 Å². The van der Waals surface area contributed by atoms with Crippen molar-refractivity contribution in [2.24, 2.45) is 0 Å². The maximum absolute atomic E-state index is 13.2. The van der Waals surface area contributed by atoms with Crippen molar-refractivity contribution < 1.29 is 17.9 Å². The highest BCUT2D eigenvalue weighted by molar-refractivity contribution is 7.89. The standard InChI is InChI=1S/C15H16FNO3S/c16-13-7-4-8-14(11-13)21(19,20)17-15(9-10-18)12-5-2-1-3-6-12/h1-8,11,15,17-18H,9-10H2/t15-/m1/s1. The summed E-state index contributed by atoms with van der Waals surface area (Å²) in [6.45, 7) is -0.161. The minimum Gasteiger partial charge on any atom is -0.396 e. The van der Waals surface area contributed by atoms with Crippen molar-refractivity contribution in [3.63, 3.8) is 0 Å². The van der Waals surface area contributed by atoms with Gasteiger partial charge in [-0.2, -0.15) is 0 Å². The number of nitrogens with one attached hydrogen (secondary N) is 1. The smallest absolute Gasteiger partial charge is 0.241 e. The number of aliphatic hydroxyl groups excluding tert-OH is 1. The van der Waals surface area contributed by atoms with Crippen molar-refractivity contribution in [1.29, 1.82) is 0 Å². The molecule has 0 spiro atoms. The summed E-state index contributed by atoms with van der Waals surface area (Å²) < 4.78 is 40.2. The lowest BCUT2D eigenvalue weighted by Gasteiger charge is -2.18. The normalized spacial score (nSPS) is 13.0. The van der Waals surface area contributed by atoms with Gasteiger partial charge in [0, 0.05) is 12.6 Å². The first-order chi connectivity index (χ1) is 10.0. The van der Waals surface area contributed by atoms with Gasteiger partial charge < -0.3 is 5.11 Å². The Bertz CT molecular complexity index is 689. The first-order valence-electron chi connectivity index (χ1n) is 6.46. The Hall–Kier alpha value is -1.76. The minimum atomic E-state index is -3.85. The summed E-state index contributed by atoms with van der Waals surface area (Å²) >= 11 is 0. The van der Waals surface area contributed by atoms with E-state index >= 15 is 0 Å². The van der Waals surface area contributed by atoms with Gasteiger partial charge in [-0.15, -0.1) is 0 Å². The molecular formula is C15H16FNO3S. The summed E-state index contributed by atoms with van der Waals surface area (Å²) in [7, 11) is -3.85. The summed E-state index contributed by atoms with van der Waals surface area (Å²) in [6.07, 6.45) is 0.235.